The van der Waals surface area contributed by atoms with Crippen LogP contribution in [0, 0.1) is 5.92 Å². The number of piperidine rings is 1. The Morgan fingerprint density at radius 1 is 1.33 bits per heavy atom. The van der Waals surface area contributed by atoms with Crippen molar-refractivity contribution >= 4 is 5.95 Å². The van der Waals surface area contributed by atoms with Gasteiger partial charge in [-0.3, -0.25) is 5.10 Å². The third-order valence-corrected chi connectivity index (χ3v) is 3.77. The van der Waals surface area contributed by atoms with Crippen molar-refractivity contribution in [2.75, 3.05) is 51.4 Å². The van der Waals surface area contributed by atoms with E-state index in [1.54, 1.807) is 7.11 Å². The molecule has 1 fully saturated rings. The van der Waals surface area contributed by atoms with Gasteiger partial charge in [0.25, 0.3) is 0 Å². The minimum Gasteiger partial charge on any atom is -0.382 e. The zero-order chi connectivity index (χ0) is 14.9. The molecule has 2 N–H and O–H groups in total. The highest BCUT2D eigenvalue weighted by molar-refractivity contribution is 5.29. The number of nitrogens with zero attached hydrogens (tertiary/aromatic N) is 3. The highest BCUT2D eigenvalue weighted by Gasteiger charge is 2.21. The van der Waals surface area contributed by atoms with Gasteiger partial charge in [-0.2, -0.15) is 4.98 Å². The van der Waals surface area contributed by atoms with Crippen LogP contribution in [-0.2, 0) is 16.1 Å². The summed E-state index contributed by atoms with van der Waals surface area (Å²) in [5, 5.41) is 10.7. The Hall–Kier alpha value is -1.18. The van der Waals surface area contributed by atoms with Crippen molar-refractivity contribution in [2.24, 2.45) is 5.92 Å². The van der Waals surface area contributed by atoms with Crippen LogP contribution in [0.4, 0.5) is 5.95 Å². The Bertz CT molecular complexity index is 390. The molecule has 120 valence electrons. The molecule has 1 aromatic heterocycles. The number of anilines is 1. The van der Waals surface area contributed by atoms with Gasteiger partial charge in [0.05, 0.1) is 13.2 Å². The molecule has 0 aliphatic carbocycles. The Balaban J connectivity index is 1.72. The molecule has 2 rings (SSSR count). The maximum atomic E-state index is 5.44. The van der Waals surface area contributed by atoms with Gasteiger partial charge in [0, 0.05) is 20.2 Å². The molecule has 7 nitrogen and oxygen atoms in total. The van der Waals surface area contributed by atoms with Crippen LogP contribution in [0.3, 0.4) is 0 Å². The lowest BCUT2D eigenvalue weighted by molar-refractivity contribution is 0.0587. The lowest BCUT2D eigenvalue weighted by atomic mass is 9.97. The number of ether oxygens (including phenoxy) is 2. The molecule has 21 heavy (non-hydrogen) atoms. The van der Waals surface area contributed by atoms with Gasteiger partial charge < -0.3 is 19.7 Å². The smallest absolute Gasteiger partial charge is 0.244 e. The molecule has 0 atom stereocenters. The number of rotatable bonds is 9. The van der Waals surface area contributed by atoms with E-state index >= 15 is 0 Å². The molecule has 0 amide bonds. The van der Waals surface area contributed by atoms with Gasteiger partial charge in [-0.25, -0.2) is 0 Å². The fourth-order valence-corrected chi connectivity index (χ4v) is 2.49. The number of nitrogens with one attached hydrogen (secondary N) is 2. The summed E-state index contributed by atoms with van der Waals surface area (Å²) in [6.07, 6.45) is 2.39. The lowest BCUT2D eigenvalue weighted by Crippen LogP contribution is -2.37. The molecule has 1 aliphatic rings. The highest BCUT2D eigenvalue weighted by atomic mass is 16.5. The molecule has 7 heteroatoms. The number of methoxy groups -OCH3 is 1. The van der Waals surface area contributed by atoms with E-state index in [2.05, 4.69) is 32.3 Å². The van der Waals surface area contributed by atoms with Gasteiger partial charge in [-0.15, -0.1) is 5.10 Å². The zero-order valence-corrected chi connectivity index (χ0v) is 13.1. The molecule has 0 radical (unpaired) electrons. The first kappa shape index (κ1) is 16.2. The molecular weight excluding hydrogens is 270 g/mol. The Kier molecular flexibility index (Phi) is 6.91. The number of aromatic nitrogens is 3. The zero-order valence-electron chi connectivity index (χ0n) is 13.1. The summed E-state index contributed by atoms with van der Waals surface area (Å²) in [6.45, 7) is 8.00. The third-order valence-electron chi connectivity index (χ3n) is 3.77. The Labute approximate surface area is 126 Å². The van der Waals surface area contributed by atoms with E-state index in [0.29, 0.717) is 19.8 Å². The largest absolute Gasteiger partial charge is 0.382 e. The van der Waals surface area contributed by atoms with Gasteiger partial charge >= 0.3 is 0 Å². The summed E-state index contributed by atoms with van der Waals surface area (Å²) < 4.78 is 10.4. The summed E-state index contributed by atoms with van der Waals surface area (Å²) in [4.78, 5) is 6.74. The summed E-state index contributed by atoms with van der Waals surface area (Å²) in [6, 6.07) is 0. The van der Waals surface area contributed by atoms with E-state index in [1.165, 1.54) is 12.8 Å². The minimum atomic E-state index is 0.452. The first-order valence-electron chi connectivity index (χ1n) is 7.77. The minimum absolute atomic E-state index is 0.452. The molecule has 0 spiro atoms. The molecule has 0 aromatic carbocycles. The molecule has 1 saturated heterocycles. The molecule has 1 aromatic rings. The van der Waals surface area contributed by atoms with Crippen molar-refractivity contribution in [3.05, 3.63) is 5.82 Å². The number of hydrogen-bond donors (Lipinski definition) is 2. The quantitative estimate of drug-likeness (QED) is 0.657. The Morgan fingerprint density at radius 2 is 2.14 bits per heavy atom. The van der Waals surface area contributed by atoms with Gasteiger partial charge in [-0.1, -0.05) is 6.92 Å². The van der Waals surface area contributed by atoms with Crippen molar-refractivity contribution in [3.63, 3.8) is 0 Å². The molecule has 0 saturated carbocycles. The van der Waals surface area contributed by atoms with Crippen LogP contribution in [-0.4, -0.2) is 61.7 Å². The normalized spacial score (nSPS) is 16.6. The van der Waals surface area contributed by atoms with Crippen LogP contribution in [0.25, 0.3) is 0 Å². The van der Waals surface area contributed by atoms with E-state index in [4.69, 9.17) is 9.47 Å². The third kappa shape index (κ3) is 5.26. The predicted molar refractivity (Wildman–Crippen MR) is 81.4 cm³/mol. The van der Waals surface area contributed by atoms with Crippen LogP contribution in [0.1, 0.15) is 25.6 Å². The fourth-order valence-electron chi connectivity index (χ4n) is 2.49. The maximum absolute atomic E-state index is 5.44. The highest BCUT2D eigenvalue weighted by Crippen LogP contribution is 2.20. The van der Waals surface area contributed by atoms with Crippen LogP contribution in [0.2, 0.25) is 0 Å². The summed E-state index contributed by atoms with van der Waals surface area (Å²) in [5.74, 6) is 2.34. The first-order chi connectivity index (χ1) is 10.3. The maximum Gasteiger partial charge on any atom is 0.244 e. The fraction of sp³-hybridized carbons (Fsp3) is 0.857. The van der Waals surface area contributed by atoms with Gasteiger partial charge in [-0.05, 0) is 31.8 Å². The standard InChI is InChI=1S/C14H27N5O2/c1-3-15-10-12-4-6-19(7-5-12)14-16-13(17-18-14)11-21-9-8-20-2/h12,15H,3-11H2,1-2H3,(H,16,17,18). The number of aromatic amines is 1. The lowest BCUT2D eigenvalue weighted by Gasteiger charge is -2.31. The second kappa shape index (κ2) is 8.96. The van der Waals surface area contributed by atoms with E-state index in [9.17, 15) is 0 Å². The second-order valence-electron chi connectivity index (χ2n) is 5.37. The van der Waals surface area contributed by atoms with Crippen LogP contribution < -0.4 is 10.2 Å². The van der Waals surface area contributed by atoms with Crippen LogP contribution in [0.5, 0.6) is 0 Å². The summed E-state index contributed by atoms with van der Waals surface area (Å²) >= 11 is 0. The topological polar surface area (TPSA) is 75.3 Å². The van der Waals surface area contributed by atoms with Crippen LogP contribution >= 0.6 is 0 Å². The van der Waals surface area contributed by atoms with Crippen molar-refractivity contribution in [1.82, 2.24) is 20.5 Å². The van der Waals surface area contributed by atoms with Gasteiger partial charge in [0.15, 0.2) is 5.82 Å². The SMILES string of the molecule is CCNCC1CCN(c2n[nH]c(COCCOC)n2)CC1. The van der Waals surface area contributed by atoms with Gasteiger partial charge in [0.2, 0.25) is 5.95 Å². The van der Waals surface area contributed by atoms with Crippen molar-refractivity contribution in [3.8, 4) is 0 Å². The molecule has 0 unspecified atom stereocenters. The average molecular weight is 297 g/mol. The molecule has 2 heterocycles. The van der Waals surface area contributed by atoms with E-state index in [0.717, 1.165) is 43.9 Å². The molecular formula is C14H27N5O2. The van der Waals surface area contributed by atoms with Crippen LogP contribution in [0.15, 0.2) is 0 Å². The monoisotopic (exact) mass is 297 g/mol. The van der Waals surface area contributed by atoms with Gasteiger partial charge in [0.1, 0.15) is 6.61 Å². The summed E-state index contributed by atoms with van der Waals surface area (Å²) in [7, 11) is 1.66. The molecule has 1 aliphatic heterocycles. The predicted octanol–water partition coefficient (Wildman–Crippen LogP) is 0.794. The first-order valence-corrected chi connectivity index (χ1v) is 7.77. The Morgan fingerprint density at radius 3 is 2.86 bits per heavy atom. The van der Waals surface area contributed by atoms with Crippen molar-refractivity contribution in [1.29, 1.82) is 0 Å². The summed E-state index contributed by atoms with van der Waals surface area (Å²) in [5.41, 5.74) is 0. The number of H-pyrrole nitrogens is 1. The average Bonchev–Trinajstić information content (AvgIpc) is 2.99. The van der Waals surface area contributed by atoms with E-state index in [1.807, 2.05) is 0 Å². The van der Waals surface area contributed by atoms with E-state index in [-0.39, 0.29) is 0 Å². The van der Waals surface area contributed by atoms with E-state index < -0.39 is 0 Å². The number of hydrogen-bond acceptors (Lipinski definition) is 6. The second-order valence-corrected chi connectivity index (χ2v) is 5.37. The van der Waals surface area contributed by atoms with Crippen molar-refractivity contribution < 1.29 is 9.47 Å². The molecule has 0 bridgehead atoms. The van der Waals surface area contributed by atoms with Crippen molar-refractivity contribution in [2.45, 2.75) is 26.4 Å².